The van der Waals surface area contributed by atoms with Crippen molar-refractivity contribution < 1.29 is 23.5 Å². The van der Waals surface area contributed by atoms with Gasteiger partial charge in [-0.2, -0.15) is 5.10 Å². The molecule has 5 fully saturated rings. The topological polar surface area (TPSA) is 89.8 Å². The number of benzene rings is 1. The van der Waals surface area contributed by atoms with Gasteiger partial charge in [-0.25, -0.2) is 14.2 Å². The van der Waals surface area contributed by atoms with Crippen LogP contribution in [-0.4, -0.2) is 64.5 Å². The van der Waals surface area contributed by atoms with Crippen LogP contribution in [0, 0.1) is 23.1 Å². The Morgan fingerprint density at radius 1 is 1.00 bits per heavy atom. The Kier molecular flexibility index (Phi) is 9.17. The third-order valence-corrected chi connectivity index (χ3v) is 12.0. The number of aromatic nitrogens is 3. The smallest absolute Gasteiger partial charge is 0.410 e. The molecule has 10 heteroatoms. The highest BCUT2D eigenvalue weighted by Crippen LogP contribution is 2.58. The number of hydrogen-bond donors (Lipinski definition) is 0. The zero-order valence-electron chi connectivity index (χ0n) is 29.4. The molecule has 0 spiro atoms. The van der Waals surface area contributed by atoms with Crippen molar-refractivity contribution in [1.29, 1.82) is 0 Å². The van der Waals surface area contributed by atoms with Crippen LogP contribution in [0.5, 0.6) is 5.75 Å². The van der Waals surface area contributed by atoms with E-state index in [4.69, 9.17) is 14.5 Å². The second kappa shape index (κ2) is 13.4. The van der Waals surface area contributed by atoms with E-state index < -0.39 is 0 Å². The first-order valence-corrected chi connectivity index (χ1v) is 18.2. The molecule has 0 atom stereocenters. The lowest BCUT2D eigenvalue weighted by molar-refractivity contribution is -0.124. The van der Waals surface area contributed by atoms with Crippen molar-refractivity contribution in [1.82, 2.24) is 19.7 Å². The molecule has 3 heterocycles. The van der Waals surface area contributed by atoms with Gasteiger partial charge < -0.3 is 14.4 Å². The summed E-state index contributed by atoms with van der Waals surface area (Å²) in [7, 11) is 1.50. The number of likely N-dealkylation sites (tertiary alicyclic amines) is 1. The number of carbonyl (C=O) groups is 2. The number of pyridine rings is 1. The number of hydrogen-bond acceptors (Lipinski definition) is 6. The largest absolute Gasteiger partial charge is 0.494 e. The second-order valence-corrected chi connectivity index (χ2v) is 15.6. The first-order valence-electron chi connectivity index (χ1n) is 18.2. The zero-order chi connectivity index (χ0) is 34.3. The number of fused-ring (bicyclic) bond motifs is 3. The fraction of sp³-hybridized carbons (Fsp3) is 0.590. The van der Waals surface area contributed by atoms with Crippen molar-refractivity contribution in [2.75, 3.05) is 31.6 Å². The normalized spacial score (nSPS) is 26.8. The Morgan fingerprint density at radius 3 is 2.33 bits per heavy atom. The monoisotopic (exact) mass is 671 g/mol. The summed E-state index contributed by atoms with van der Waals surface area (Å²) in [6.07, 6.45) is 13.9. The van der Waals surface area contributed by atoms with Crippen LogP contribution in [0.3, 0.4) is 0 Å². The maximum Gasteiger partial charge on any atom is 0.410 e. The highest BCUT2D eigenvalue weighted by molar-refractivity contribution is 5.95. The molecule has 5 aliphatic rings. The molecule has 0 radical (unpaired) electrons. The second-order valence-electron chi connectivity index (χ2n) is 15.6. The van der Waals surface area contributed by atoms with Gasteiger partial charge in [-0.1, -0.05) is 13.0 Å². The van der Waals surface area contributed by atoms with Crippen LogP contribution in [0.15, 0.2) is 48.9 Å². The molecule has 1 aromatic carbocycles. The molecule has 2 amide bonds. The first-order chi connectivity index (χ1) is 23.6. The minimum Gasteiger partial charge on any atom is -0.494 e. The van der Waals surface area contributed by atoms with E-state index in [1.54, 1.807) is 23.2 Å². The number of methoxy groups -OCH3 is 1. The molecule has 2 bridgehead atoms. The van der Waals surface area contributed by atoms with Gasteiger partial charge in [0.2, 0.25) is 5.91 Å². The van der Waals surface area contributed by atoms with E-state index in [2.05, 4.69) is 25.9 Å². The molecular formula is C39H50FN5O4. The first kappa shape index (κ1) is 33.5. The molecule has 0 N–H and O–H groups in total. The van der Waals surface area contributed by atoms with Crippen LogP contribution in [0.4, 0.5) is 15.0 Å². The molecule has 0 unspecified atom stereocenters. The van der Waals surface area contributed by atoms with Gasteiger partial charge in [-0.15, -0.1) is 0 Å². The van der Waals surface area contributed by atoms with E-state index in [1.807, 2.05) is 40.2 Å². The van der Waals surface area contributed by atoms with Crippen molar-refractivity contribution in [3.63, 3.8) is 0 Å². The molecule has 4 saturated carbocycles. The minimum absolute atomic E-state index is 0.0241. The Hall–Kier alpha value is -3.95. The van der Waals surface area contributed by atoms with Gasteiger partial charge in [0.05, 0.1) is 13.3 Å². The average molecular weight is 672 g/mol. The summed E-state index contributed by atoms with van der Waals surface area (Å²) in [4.78, 5) is 35.7. The highest BCUT2D eigenvalue weighted by Gasteiger charge is 2.51. The maximum absolute atomic E-state index is 14.8. The lowest BCUT2D eigenvalue weighted by atomic mass is 9.51. The molecule has 4 aliphatic carbocycles. The maximum atomic E-state index is 14.8. The van der Waals surface area contributed by atoms with Crippen molar-refractivity contribution in [2.45, 2.75) is 103 Å². The van der Waals surface area contributed by atoms with Gasteiger partial charge in [0, 0.05) is 49.6 Å². The van der Waals surface area contributed by atoms with E-state index in [9.17, 15) is 14.0 Å². The standard InChI is InChI=1S/C39H50FN5O4/c1-26(2)45-24-30(21-42-45)29-11-18-41-35(19-29)44(36(46)28-5-8-32(9-6-28)49-37(47)43-22-27(3)23-43)25-38-12-15-39(16-13-38,17-14-38)31-7-10-34(48-4)33(40)20-31/h7,10-11,18-21,24,26-28,32H,5-6,8-9,12-17,22-23,25H2,1-4H3. The summed E-state index contributed by atoms with van der Waals surface area (Å²) in [5.74, 6) is 1.13. The summed E-state index contributed by atoms with van der Waals surface area (Å²) in [6.45, 7) is 8.46. The number of anilines is 1. The van der Waals surface area contributed by atoms with E-state index in [-0.39, 0.29) is 52.5 Å². The zero-order valence-corrected chi connectivity index (χ0v) is 29.4. The van der Waals surface area contributed by atoms with Crippen molar-refractivity contribution in [3.8, 4) is 16.9 Å². The number of amides is 2. The summed E-state index contributed by atoms with van der Waals surface area (Å²) in [6, 6.07) is 9.71. The Labute approximate surface area is 289 Å². The summed E-state index contributed by atoms with van der Waals surface area (Å²) < 4.78 is 27.7. The van der Waals surface area contributed by atoms with Crippen LogP contribution in [0.1, 0.15) is 96.6 Å². The lowest BCUT2D eigenvalue weighted by Gasteiger charge is -2.55. The van der Waals surface area contributed by atoms with E-state index >= 15 is 0 Å². The Balaban J connectivity index is 1.10. The SMILES string of the molecule is COc1ccc(C23CCC(CN(C(=O)C4CCC(OC(=O)N5CC(C)C5)CC4)c4cc(-c5cnn(C(C)C)c5)ccn4)(CC2)CC3)cc1F. The van der Waals surface area contributed by atoms with Gasteiger partial charge in [0.15, 0.2) is 11.6 Å². The Bertz CT molecular complexity index is 1650. The molecule has 9 nitrogen and oxygen atoms in total. The third-order valence-electron chi connectivity index (χ3n) is 12.0. The number of nitrogens with zero attached hydrogens (tertiary/aromatic N) is 5. The fourth-order valence-corrected chi connectivity index (χ4v) is 8.77. The molecule has 1 saturated heterocycles. The highest BCUT2D eigenvalue weighted by atomic mass is 19.1. The van der Waals surface area contributed by atoms with Gasteiger partial charge in [-0.05, 0) is 130 Å². The Morgan fingerprint density at radius 2 is 1.71 bits per heavy atom. The van der Waals surface area contributed by atoms with Crippen molar-refractivity contribution in [3.05, 3.63) is 60.3 Å². The third kappa shape index (κ3) is 6.67. The number of ether oxygens (including phenoxy) is 2. The number of rotatable bonds is 9. The molecule has 3 aromatic rings. The molecule has 8 rings (SSSR count). The van der Waals surface area contributed by atoms with Crippen LogP contribution >= 0.6 is 0 Å². The molecule has 1 aliphatic heterocycles. The van der Waals surface area contributed by atoms with Crippen molar-refractivity contribution in [2.24, 2.45) is 17.3 Å². The number of carbonyl (C=O) groups excluding carboxylic acids is 2. The summed E-state index contributed by atoms with van der Waals surface area (Å²) in [5, 5.41) is 4.54. The summed E-state index contributed by atoms with van der Waals surface area (Å²) >= 11 is 0. The van der Waals surface area contributed by atoms with E-state index in [1.165, 1.54) is 7.11 Å². The number of halogens is 1. The van der Waals surface area contributed by atoms with Crippen molar-refractivity contribution >= 4 is 17.8 Å². The fourth-order valence-electron chi connectivity index (χ4n) is 8.77. The van der Waals surface area contributed by atoms with Gasteiger partial charge in [0.25, 0.3) is 0 Å². The van der Waals surface area contributed by atoms with Crippen LogP contribution < -0.4 is 9.64 Å². The van der Waals surface area contributed by atoms with Gasteiger partial charge in [-0.3, -0.25) is 14.4 Å². The average Bonchev–Trinajstić information content (AvgIpc) is 3.61. The van der Waals surface area contributed by atoms with Gasteiger partial charge >= 0.3 is 6.09 Å². The van der Waals surface area contributed by atoms with Crippen LogP contribution in [0.2, 0.25) is 0 Å². The predicted molar refractivity (Wildman–Crippen MR) is 186 cm³/mol. The lowest BCUT2D eigenvalue weighted by Crippen LogP contribution is -2.52. The minimum atomic E-state index is -0.307. The molecule has 2 aromatic heterocycles. The molecule has 49 heavy (non-hydrogen) atoms. The van der Waals surface area contributed by atoms with E-state index in [0.717, 1.165) is 68.3 Å². The predicted octanol–water partition coefficient (Wildman–Crippen LogP) is 7.95. The van der Waals surface area contributed by atoms with Crippen LogP contribution in [-0.2, 0) is 14.9 Å². The molecule has 262 valence electrons. The quantitative estimate of drug-likeness (QED) is 0.230. The van der Waals surface area contributed by atoms with Gasteiger partial charge in [0.1, 0.15) is 11.9 Å². The van der Waals surface area contributed by atoms with E-state index in [0.29, 0.717) is 44.0 Å². The summed E-state index contributed by atoms with van der Waals surface area (Å²) in [5.41, 5.74) is 2.97. The van der Waals surface area contributed by atoms with Crippen LogP contribution in [0.25, 0.3) is 11.1 Å². The molecular weight excluding hydrogens is 621 g/mol.